The zero-order valence-corrected chi connectivity index (χ0v) is 16.6. The van der Waals surface area contributed by atoms with Gasteiger partial charge in [-0.1, -0.05) is 0 Å². The van der Waals surface area contributed by atoms with E-state index in [1.807, 2.05) is 38.4 Å². The lowest BCUT2D eigenvalue weighted by Gasteiger charge is -2.20. The molecule has 1 aromatic carbocycles. The van der Waals surface area contributed by atoms with Crippen LogP contribution in [0.2, 0.25) is 0 Å². The molecule has 0 aliphatic heterocycles. The van der Waals surface area contributed by atoms with Crippen LogP contribution in [0.1, 0.15) is 28.9 Å². The SMILES string of the molecule is COc1cc(C)c(C)cc1S(=O)(=O)N(C)CCCn1nc(C)cc1C. The fourth-order valence-corrected chi connectivity index (χ4v) is 4.18. The van der Waals surface area contributed by atoms with E-state index in [-0.39, 0.29) is 4.90 Å². The Morgan fingerprint density at radius 3 is 2.32 bits per heavy atom. The van der Waals surface area contributed by atoms with Crippen LogP contribution in [0, 0.1) is 27.7 Å². The first-order valence-corrected chi connectivity index (χ1v) is 9.73. The molecule has 0 aliphatic carbocycles. The summed E-state index contributed by atoms with van der Waals surface area (Å²) in [5.41, 5.74) is 3.98. The van der Waals surface area contributed by atoms with Crippen molar-refractivity contribution in [3.63, 3.8) is 0 Å². The van der Waals surface area contributed by atoms with Crippen LogP contribution < -0.4 is 4.74 Å². The second-order valence-electron chi connectivity index (χ2n) is 6.42. The van der Waals surface area contributed by atoms with Gasteiger partial charge in [0.15, 0.2) is 0 Å². The monoisotopic (exact) mass is 365 g/mol. The number of ether oxygens (including phenoxy) is 1. The molecule has 0 bridgehead atoms. The molecule has 0 atom stereocenters. The molecule has 0 spiro atoms. The molecule has 2 rings (SSSR count). The lowest BCUT2D eigenvalue weighted by molar-refractivity contribution is 0.395. The summed E-state index contributed by atoms with van der Waals surface area (Å²) < 4.78 is 34.4. The maximum absolute atomic E-state index is 12.9. The Hall–Kier alpha value is -1.86. The summed E-state index contributed by atoms with van der Waals surface area (Å²) in [5.74, 6) is 0.383. The van der Waals surface area contributed by atoms with Crippen LogP contribution in [0.5, 0.6) is 5.75 Å². The lowest BCUT2D eigenvalue weighted by atomic mass is 10.1. The van der Waals surface area contributed by atoms with Crippen LogP contribution in [-0.2, 0) is 16.6 Å². The van der Waals surface area contributed by atoms with E-state index in [0.29, 0.717) is 25.3 Å². The zero-order valence-electron chi connectivity index (χ0n) is 15.8. The molecule has 138 valence electrons. The fraction of sp³-hybridized carbons (Fsp3) is 0.500. The summed E-state index contributed by atoms with van der Waals surface area (Å²) in [6.45, 7) is 8.88. The molecule has 0 aliphatic rings. The number of hydrogen-bond acceptors (Lipinski definition) is 4. The number of nitrogens with zero attached hydrogens (tertiary/aromatic N) is 3. The maximum atomic E-state index is 12.9. The minimum atomic E-state index is -3.60. The third-order valence-electron chi connectivity index (χ3n) is 4.41. The summed E-state index contributed by atoms with van der Waals surface area (Å²) >= 11 is 0. The van der Waals surface area contributed by atoms with E-state index in [9.17, 15) is 8.42 Å². The largest absolute Gasteiger partial charge is 0.495 e. The molecule has 7 heteroatoms. The Balaban J connectivity index is 2.13. The standard InChI is InChI=1S/C18H27N3O3S/c1-13-10-17(24-6)18(11-14(13)2)25(22,23)20(5)8-7-9-21-16(4)12-15(3)19-21/h10-12H,7-9H2,1-6H3. The molecule has 0 fully saturated rings. The molecule has 0 saturated heterocycles. The highest BCUT2D eigenvalue weighted by molar-refractivity contribution is 7.89. The molecule has 0 N–H and O–H groups in total. The van der Waals surface area contributed by atoms with Crippen molar-refractivity contribution in [3.05, 3.63) is 40.7 Å². The number of sulfonamides is 1. The van der Waals surface area contributed by atoms with E-state index in [4.69, 9.17) is 4.74 Å². The number of benzene rings is 1. The van der Waals surface area contributed by atoms with Crippen molar-refractivity contribution in [1.29, 1.82) is 0 Å². The van der Waals surface area contributed by atoms with Crippen LogP contribution >= 0.6 is 0 Å². The van der Waals surface area contributed by atoms with E-state index in [1.165, 1.54) is 11.4 Å². The Labute approximate surface area is 150 Å². The lowest BCUT2D eigenvalue weighted by Crippen LogP contribution is -2.29. The molecule has 0 amide bonds. The van der Waals surface area contributed by atoms with E-state index < -0.39 is 10.0 Å². The van der Waals surface area contributed by atoms with Gasteiger partial charge in [-0.25, -0.2) is 12.7 Å². The van der Waals surface area contributed by atoms with E-state index in [2.05, 4.69) is 5.10 Å². The first kappa shape index (κ1) is 19.5. The molecular formula is C18H27N3O3S. The van der Waals surface area contributed by atoms with Crippen LogP contribution in [0.25, 0.3) is 0 Å². The van der Waals surface area contributed by atoms with Gasteiger partial charge in [-0.15, -0.1) is 0 Å². The predicted molar refractivity (Wildman–Crippen MR) is 98.6 cm³/mol. The van der Waals surface area contributed by atoms with E-state index in [1.54, 1.807) is 19.2 Å². The van der Waals surface area contributed by atoms with Crippen molar-refractivity contribution in [2.75, 3.05) is 20.7 Å². The summed E-state index contributed by atoms with van der Waals surface area (Å²) in [4.78, 5) is 0.215. The van der Waals surface area contributed by atoms with Crippen molar-refractivity contribution >= 4 is 10.0 Å². The third-order valence-corrected chi connectivity index (χ3v) is 6.29. The van der Waals surface area contributed by atoms with Crippen LogP contribution in [0.4, 0.5) is 0 Å². The molecule has 0 unspecified atom stereocenters. The van der Waals surface area contributed by atoms with Crippen molar-refractivity contribution in [2.45, 2.75) is 45.6 Å². The van der Waals surface area contributed by atoms with Gasteiger partial charge in [-0.05, 0) is 63.4 Å². The van der Waals surface area contributed by atoms with Crippen molar-refractivity contribution in [2.24, 2.45) is 0 Å². The number of hydrogen-bond donors (Lipinski definition) is 0. The van der Waals surface area contributed by atoms with Crippen molar-refractivity contribution in [3.8, 4) is 5.75 Å². The van der Waals surface area contributed by atoms with Gasteiger partial charge in [-0.3, -0.25) is 4.68 Å². The summed E-state index contributed by atoms with van der Waals surface area (Å²) in [6, 6.07) is 5.47. The topological polar surface area (TPSA) is 64.4 Å². The molecule has 25 heavy (non-hydrogen) atoms. The van der Waals surface area contributed by atoms with Gasteiger partial charge in [0, 0.05) is 25.8 Å². The van der Waals surface area contributed by atoms with E-state index >= 15 is 0 Å². The molecule has 0 saturated carbocycles. The number of aromatic nitrogens is 2. The smallest absolute Gasteiger partial charge is 0.246 e. The second-order valence-corrected chi connectivity index (χ2v) is 8.43. The third kappa shape index (κ3) is 4.22. The van der Waals surface area contributed by atoms with Crippen LogP contribution in [0.15, 0.2) is 23.1 Å². The summed E-state index contributed by atoms with van der Waals surface area (Å²) in [6.07, 6.45) is 0.685. The van der Waals surface area contributed by atoms with Crippen LogP contribution in [0.3, 0.4) is 0 Å². The number of methoxy groups -OCH3 is 1. The maximum Gasteiger partial charge on any atom is 0.246 e. The van der Waals surface area contributed by atoms with Crippen LogP contribution in [-0.4, -0.2) is 43.2 Å². The summed E-state index contributed by atoms with van der Waals surface area (Å²) in [5, 5.41) is 4.40. The Kier molecular flexibility index (Phi) is 5.90. The van der Waals surface area contributed by atoms with Crippen molar-refractivity contribution < 1.29 is 13.2 Å². The molecule has 1 aromatic heterocycles. The highest BCUT2D eigenvalue weighted by Gasteiger charge is 2.25. The molecular weight excluding hydrogens is 338 g/mol. The van der Waals surface area contributed by atoms with E-state index in [0.717, 1.165) is 22.5 Å². The van der Waals surface area contributed by atoms with Gasteiger partial charge in [-0.2, -0.15) is 5.10 Å². The minimum Gasteiger partial charge on any atom is -0.495 e. The highest BCUT2D eigenvalue weighted by atomic mass is 32.2. The zero-order chi connectivity index (χ0) is 18.8. The minimum absolute atomic E-state index is 0.215. The van der Waals surface area contributed by atoms with Gasteiger partial charge < -0.3 is 4.74 Å². The van der Waals surface area contributed by atoms with Gasteiger partial charge in [0.05, 0.1) is 12.8 Å². The predicted octanol–water partition coefficient (Wildman–Crippen LogP) is 2.84. The van der Waals surface area contributed by atoms with Crippen molar-refractivity contribution in [1.82, 2.24) is 14.1 Å². The van der Waals surface area contributed by atoms with Gasteiger partial charge in [0.25, 0.3) is 0 Å². The first-order chi connectivity index (χ1) is 11.7. The second kappa shape index (κ2) is 7.58. The Bertz CT molecular complexity index is 857. The number of rotatable bonds is 7. The quantitative estimate of drug-likeness (QED) is 0.757. The number of aryl methyl sites for hydroxylation is 5. The van der Waals surface area contributed by atoms with Gasteiger partial charge >= 0.3 is 0 Å². The Morgan fingerprint density at radius 2 is 1.76 bits per heavy atom. The Morgan fingerprint density at radius 1 is 1.12 bits per heavy atom. The average molecular weight is 365 g/mol. The first-order valence-electron chi connectivity index (χ1n) is 8.29. The molecule has 6 nitrogen and oxygen atoms in total. The average Bonchev–Trinajstić information content (AvgIpc) is 2.87. The highest BCUT2D eigenvalue weighted by Crippen LogP contribution is 2.29. The fourth-order valence-electron chi connectivity index (χ4n) is 2.76. The summed E-state index contributed by atoms with van der Waals surface area (Å²) in [7, 11) is -0.507. The van der Waals surface area contributed by atoms with Gasteiger partial charge in [0.2, 0.25) is 10.0 Å². The normalized spacial score (nSPS) is 12.0. The van der Waals surface area contributed by atoms with Gasteiger partial charge in [0.1, 0.15) is 10.6 Å². The molecule has 1 heterocycles. The molecule has 2 aromatic rings. The molecule has 0 radical (unpaired) electrons.